The van der Waals surface area contributed by atoms with E-state index in [0.29, 0.717) is 23.9 Å². The van der Waals surface area contributed by atoms with E-state index in [1.165, 1.54) is 0 Å². The van der Waals surface area contributed by atoms with Gasteiger partial charge in [-0.05, 0) is 44.0 Å². The molecular formula is C16H26ClNO3. The van der Waals surface area contributed by atoms with Gasteiger partial charge in [0.1, 0.15) is 18.5 Å². The number of halogens is 1. The van der Waals surface area contributed by atoms with Crippen molar-refractivity contribution in [1.29, 1.82) is 0 Å². The summed E-state index contributed by atoms with van der Waals surface area (Å²) in [7, 11) is 0. The number of aliphatic hydroxyl groups is 2. The summed E-state index contributed by atoms with van der Waals surface area (Å²) < 4.78 is 5.52. The molecule has 0 aromatic heterocycles. The van der Waals surface area contributed by atoms with Crippen LogP contribution < -0.4 is 10.1 Å². The van der Waals surface area contributed by atoms with E-state index in [1.807, 2.05) is 19.9 Å². The van der Waals surface area contributed by atoms with E-state index in [1.54, 1.807) is 19.1 Å². The molecule has 0 fully saturated rings. The lowest BCUT2D eigenvalue weighted by molar-refractivity contribution is 0.0427. The first-order chi connectivity index (χ1) is 9.84. The van der Waals surface area contributed by atoms with Gasteiger partial charge in [-0.2, -0.15) is 0 Å². The number of aliphatic hydroxyl groups excluding tert-OH is 1. The fraction of sp³-hybridized carbons (Fsp3) is 0.625. The largest absolute Gasteiger partial charge is 0.491 e. The maximum atomic E-state index is 10.0. The first-order valence-electron chi connectivity index (χ1n) is 7.34. The van der Waals surface area contributed by atoms with Crippen molar-refractivity contribution >= 4 is 11.6 Å². The predicted molar refractivity (Wildman–Crippen MR) is 86.1 cm³/mol. The predicted octanol–water partition coefficient (Wildman–Crippen LogP) is 2.53. The number of nitrogens with one attached hydrogen (secondary N) is 1. The van der Waals surface area contributed by atoms with Gasteiger partial charge in [0.15, 0.2) is 0 Å². The van der Waals surface area contributed by atoms with Crippen LogP contribution in [-0.2, 0) is 0 Å². The fourth-order valence-electron chi connectivity index (χ4n) is 2.09. The molecule has 1 aromatic carbocycles. The first kappa shape index (κ1) is 18.2. The minimum absolute atomic E-state index is 0.198. The molecule has 120 valence electrons. The summed E-state index contributed by atoms with van der Waals surface area (Å²) in [6, 6.07) is 5.40. The molecule has 1 rings (SSSR count). The van der Waals surface area contributed by atoms with Crippen molar-refractivity contribution in [1.82, 2.24) is 5.32 Å². The zero-order valence-corrected chi connectivity index (χ0v) is 13.8. The highest BCUT2D eigenvalue weighted by molar-refractivity contribution is 6.31. The maximum absolute atomic E-state index is 10.0. The van der Waals surface area contributed by atoms with Crippen LogP contribution in [0.15, 0.2) is 18.2 Å². The molecule has 1 aromatic rings. The van der Waals surface area contributed by atoms with E-state index in [0.717, 1.165) is 18.4 Å². The third-order valence-corrected chi connectivity index (χ3v) is 3.67. The normalized spacial score (nSPS) is 15.5. The molecule has 3 N–H and O–H groups in total. The van der Waals surface area contributed by atoms with Crippen molar-refractivity contribution in [2.45, 2.75) is 45.3 Å². The van der Waals surface area contributed by atoms with Crippen LogP contribution in [0.3, 0.4) is 0 Å². The number of aryl methyl sites for hydroxylation is 1. The molecule has 0 spiro atoms. The average molecular weight is 316 g/mol. The van der Waals surface area contributed by atoms with E-state index in [9.17, 15) is 10.2 Å². The molecule has 21 heavy (non-hydrogen) atoms. The number of ether oxygens (including phenoxy) is 1. The Balaban J connectivity index is 2.27. The molecular weight excluding hydrogens is 290 g/mol. The van der Waals surface area contributed by atoms with E-state index in [-0.39, 0.29) is 6.61 Å². The Labute approximate surface area is 132 Å². The summed E-state index contributed by atoms with van der Waals surface area (Å²) in [5.74, 6) is 0.689. The number of hydrogen-bond donors (Lipinski definition) is 3. The van der Waals surface area contributed by atoms with Gasteiger partial charge in [-0.25, -0.2) is 0 Å². The Morgan fingerprint density at radius 1 is 1.43 bits per heavy atom. The Hall–Kier alpha value is -0.810. The van der Waals surface area contributed by atoms with Crippen molar-refractivity contribution in [3.63, 3.8) is 0 Å². The molecule has 0 amide bonds. The minimum atomic E-state index is -0.734. The monoisotopic (exact) mass is 315 g/mol. The van der Waals surface area contributed by atoms with Crippen LogP contribution in [0.25, 0.3) is 0 Å². The number of benzene rings is 1. The van der Waals surface area contributed by atoms with Crippen LogP contribution in [0.5, 0.6) is 5.75 Å². The molecule has 5 heteroatoms. The van der Waals surface area contributed by atoms with Crippen molar-refractivity contribution < 1.29 is 14.9 Å². The van der Waals surface area contributed by atoms with Gasteiger partial charge in [0.2, 0.25) is 0 Å². The molecule has 2 unspecified atom stereocenters. The van der Waals surface area contributed by atoms with Crippen molar-refractivity contribution in [2.75, 3.05) is 19.7 Å². The second-order valence-corrected chi connectivity index (χ2v) is 6.16. The Kier molecular flexibility index (Phi) is 7.46. The maximum Gasteiger partial charge on any atom is 0.119 e. The molecule has 0 bridgehead atoms. The highest BCUT2D eigenvalue weighted by atomic mass is 35.5. The Bertz CT molecular complexity index is 438. The second-order valence-electron chi connectivity index (χ2n) is 5.75. The van der Waals surface area contributed by atoms with E-state index in [2.05, 4.69) is 5.32 Å². The summed E-state index contributed by atoms with van der Waals surface area (Å²) in [5.41, 5.74) is 0.209. The average Bonchev–Trinajstić information content (AvgIpc) is 2.40. The van der Waals surface area contributed by atoms with E-state index >= 15 is 0 Å². The molecule has 4 nitrogen and oxygen atoms in total. The van der Waals surface area contributed by atoms with Crippen molar-refractivity contribution in [2.24, 2.45) is 0 Å². The molecule has 0 saturated carbocycles. The molecule has 0 aliphatic rings. The van der Waals surface area contributed by atoms with Gasteiger partial charge in [0, 0.05) is 18.1 Å². The van der Waals surface area contributed by atoms with Gasteiger partial charge >= 0.3 is 0 Å². The van der Waals surface area contributed by atoms with Crippen LogP contribution in [0.2, 0.25) is 5.02 Å². The smallest absolute Gasteiger partial charge is 0.119 e. The molecule has 0 saturated heterocycles. The third-order valence-electron chi connectivity index (χ3n) is 3.25. The summed E-state index contributed by atoms with van der Waals surface area (Å²) in [6.07, 6.45) is 1.03. The van der Waals surface area contributed by atoms with E-state index < -0.39 is 11.7 Å². The minimum Gasteiger partial charge on any atom is -0.491 e. The van der Waals surface area contributed by atoms with Crippen LogP contribution in [0, 0.1) is 6.92 Å². The highest BCUT2D eigenvalue weighted by Gasteiger charge is 2.18. The van der Waals surface area contributed by atoms with Crippen LogP contribution in [0.1, 0.15) is 32.3 Å². The fourth-order valence-corrected chi connectivity index (χ4v) is 2.21. The zero-order valence-electron chi connectivity index (χ0n) is 13.0. The lowest BCUT2D eigenvalue weighted by atomic mass is 10.0. The molecule has 0 aliphatic heterocycles. The number of rotatable bonds is 9. The molecule has 0 radical (unpaired) electrons. The van der Waals surface area contributed by atoms with Gasteiger partial charge < -0.3 is 20.3 Å². The standard InChI is InChI=1S/C16H26ClNO3/c1-4-7-16(3,20)11-18-9-13(19)10-21-14-5-6-15(17)12(2)8-14/h5-6,8,13,18-20H,4,7,9-11H2,1-3H3. The summed E-state index contributed by atoms with van der Waals surface area (Å²) >= 11 is 5.94. The Morgan fingerprint density at radius 2 is 2.14 bits per heavy atom. The van der Waals surface area contributed by atoms with Gasteiger partial charge in [0.05, 0.1) is 5.60 Å². The van der Waals surface area contributed by atoms with Crippen LogP contribution in [0.4, 0.5) is 0 Å². The highest BCUT2D eigenvalue weighted by Crippen LogP contribution is 2.21. The zero-order chi connectivity index (χ0) is 15.9. The lowest BCUT2D eigenvalue weighted by Gasteiger charge is -2.24. The topological polar surface area (TPSA) is 61.7 Å². The van der Waals surface area contributed by atoms with Crippen LogP contribution in [-0.4, -0.2) is 41.6 Å². The summed E-state index contributed by atoms with van der Waals surface area (Å²) in [6.45, 7) is 6.77. The quantitative estimate of drug-likeness (QED) is 0.655. The summed E-state index contributed by atoms with van der Waals surface area (Å²) in [5, 5.41) is 23.6. The molecule has 0 aliphatic carbocycles. The van der Waals surface area contributed by atoms with Gasteiger partial charge in [0.25, 0.3) is 0 Å². The lowest BCUT2D eigenvalue weighted by Crippen LogP contribution is -2.41. The Morgan fingerprint density at radius 3 is 2.76 bits per heavy atom. The van der Waals surface area contributed by atoms with Gasteiger partial charge in [-0.1, -0.05) is 24.9 Å². The van der Waals surface area contributed by atoms with Crippen LogP contribution >= 0.6 is 11.6 Å². The van der Waals surface area contributed by atoms with Gasteiger partial charge in [-0.15, -0.1) is 0 Å². The number of hydrogen-bond acceptors (Lipinski definition) is 4. The first-order valence-corrected chi connectivity index (χ1v) is 7.72. The molecule has 2 atom stereocenters. The third kappa shape index (κ3) is 7.14. The van der Waals surface area contributed by atoms with E-state index in [4.69, 9.17) is 16.3 Å². The van der Waals surface area contributed by atoms with Gasteiger partial charge in [-0.3, -0.25) is 0 Å². The summed E-state index contributed by atoms with van der Waals surface area (Å²) in [4.78, 5) is 0. The molecule has 0 heterocycles. The van der Waals surface area contributed by atoms with Crippen molar-refractivity contribution in [3.05, 3.63) is 28.8 Å². The SMILES string of the molecule is CCCC(C)(O)CNCC(O)COc1ccc(Cl)c(C)c1. The van der Waals surface area contributed by atoms with Crippen molar-refractivity contribution in [3.8, 4) is 5.75 Å². The second kappa shape index (κ2) is 8.59.